The third-order valence-corrected chi connectivity index (χ3v) is 10.1. The van der Waals surface area contributed by atoms with Crippen LogP contribution in [0.25, 0.3) is 10.1 Å². The Morgan fingerprint density at radius 2 is 1.57 bits per heavy atom. The predicted molar refractivity (Wildman–Crippen MR) is 138 cm³/mol. The van der Waals surface area contributed by atoms with Crippen LogP contribution < -0.4 is 14.2 Å². The SMILES string of the molecule is CS(=O)(=O)N(c1ccc2c(=O)n(CCCCN3CCN(c4ncccn4)CC3)sc2c1)S(C)(=O)=O. The number of sulfonamides is 2. The number of aryl methyl sites for hydroxylation is 1. The van der Waals surface area contributed by atoms with E-state index in [-0.39, 0.29) is 11.2 Å². The van der Waals surface area contributed by atoms with Crippen LogP contribution in [0.5, 0.6) is 0 Å². The quantitative estimate of drug-likeness (QED) is 0.368. The molecule has 0 bridgehead atoms. The van der Waals surface area contributed by atoms with Gasteiger partial charge in [0.05, 0.1) is 28.3 Å². The zero-order valence-electron chi connectivity index (χ0n) is 19.6. The standard InChI is InChI=1S/C21H28N6O5S3/c1-34(29,30)27(35(2,31)32)17-6-7-18-19(16-17)33-26(20(18)28)11-4-3-10-24-12-14-25(15-13-24)21-22-8-5-9-23-21/h5-9,16H,3-4,10-15H2,1-2H3. The topological polar surface area (TPSA) is 126 Å². The lowest BCUT2D eigenvalue weighted by Crippen LogP contribution is -2.47. The number of rotatable bonds is 9. The highest BCUT2D eigenvalue weighted by atomic mass is 32.3. The Balaban J connectivity index is 1.35. The van der Waals surface area contributed by atoms with Gasteiger partial charge >= 0.3 is 0 Å². The highest BCUT2D eigenvalue weighted by molar-refractivity contribution is 8.09. The fourth-order valence-corrected chi connectivity index (χ4v) is 8.19. The van der Waals surface area contributed by atoms with Crippen LogP contribution in [0.3, 0.4) is 0 Å². The molecule has 2 aromatic heterocycles. The zero-order chi connectivity index (χ0) is 25.2. The van der Waals surface area contributed by atoms with E-state index >= 15 is 0 Å². The average Bonchev–Trinajstić information content (AvgIpc) is 3.10. The van der Waals surface area contributed by atoms with Gasteiger partial charge in [-0.05, 0) is 43.7 Å². The molecule has 1 saturated heterocycles. The highest BCUT2D eigenvalue weighted by Crippen LogP contribution is 2.27. The number of hydrogen-bond acceptors (Lipinski definition) is 10. The lowest BCUT2D eigenvalue weighted by Gasteiger charge is -2.34. The van der Waals surface area contributed by atoms with Crippen molar-refractivity contribution in [3.8, 4) is 0 Å². The lowest BCUT2D eigenvalue weighted by molar-refractivity contribution is 0.250. The molecule has 0 saturated carbocycles. The van der Waals surface area contributed by atoms with Gasteiger partial charge in [-0.1, -0.05) is 11.5 Å². The van der Waals surface area contributed by atoms with Crippen LogP contribution in [0.2, 0.25) is 0 Å². The Kier molecular flexibility index (Phi) is 7.45. The van der Waals surface area contributed by atoms with E-state index in [9.17, 15) is 21.6 Å². The second kappa shape index (κ2) is 10.2. The summed E-state index contributed by atoms with van der Waals surface area (Å²) in [7, 11) is -8.09. The van der Waals surface area contributed by atoms with E-state index in [4.69, 9.17) is 0 Å². The fourth-order valence-electron chi connectivity index (χ4n) is 4.16. The maximum atomic E-state index is 12.8. The minimum atomic E-state index is -4.04. The normalized spacial score (nSPS) is 15.5. The van der Waals surface area contributed by atoms with Gasteiger partial charge in [0.2, 0.25) is 26.0 Å². The summed E-state index contributed by atoms with van der Waals surface area (Å²) in [6.45, 7) is 5.10. The molecule has 1 aliphatic heterocycles. The van der Waals surface area contributed by atoms with E-state index in [1.807, 2.05) is 0 Å². The van der Waals surface area contributed by atoms with Crippen molar-refractivity contribution in [1.29, 1.82) is 0 Å². The molecular formula is C21H28N6O5S3. The molecule has 11 nitrogen and oxygen atoms in total. The van der Waals surface area contributed by atoms with Gasteiger partial charge in [0, 0.05) is 45.1 Å². The van der Waals surface area contributed by atoms with Gasteiger partial charge in [0.1, 0.15) is 0 Å². The maximum Gasteiger partial charge on any atom is 0.268 e. The summed E-state index contributed by atoms with van der Waals surface area (Å²) in [5, 5.41) is 0.444. The van der Waals surface area contributed by atoms with Gasteiger partial charge in [0.25, 0.3) is 5.56 Å². The number of piperazine rings is 1. The van der Waals surface area contributed by atoms with Crippen molar-refractivity contribution in [2.45, 2.75) is 19.4 Å². The molecule has 1 fully saturated rings. The first-order valence-electron chi connectivity index (χ1n) is 11.1. The Hall–Kier alpha value is -2.55. The first kappa shape index (κ1) is 25.5. The first-order chi connectivity index (χ1) is 16.5. The molecule has 35 heavy (non-hydrogen) atoms. The Morgan fingerprint density at radius 3 is 2.20 bits per heavy atom. The van der Waals surface area contributed by atoms with Crippen molar-refractivity contribution in [2.75, 3.05) is 53.8 Å². The first-order valence-corrected chi connectivity index (χ1v) is 15.6. The predicted octanol–water partition coefficient (Wildman–Crippen LogP) is 1.18. The molecule has 0 unspecified atom stereocenters. The van der Waals surface area contributed by atoms with Crippen LogP contribution in [-0.4, -0.2) is 80.9 Å². The molecule has 0 radical (unpaired) electrons. The summed E-state index contributed by atoms with van der Waals surface area (Å²) in [5.74, 6) is 0.760. The van der Waals surface area contributed by atoms with Crippen molar-refractivity contribution >= 4 is 53.3 Å². The van der Waals surface area contributed by atoms with Crippen LogP contribution in [0.15, 0.2) is 41.5 Å². The maximum absolute atomic E-state index is 12.8. The smallest absolute Gasteiger partial charge is 0.268 e. The molecule has 14 heteroatoms. The van der Waals surface area contributed by atoms with Crippen LogP contribution in [0, 0.1) is 0 Å². The zero-order valence-corrected chi connectivity index (χ0v) is 22.0. The molecule has 0 aliphatic carbocycles. The van der Waals surface area contributed by atoms with Gasteiger partial charge in [-0.2, -0.15) is 3.71 Å². The molecule has 0 atom stereocenters. The second-order valence-electron chi connectivity index (χ2n) is 8.49. The second-order valence-corrected chi connectivity index (χ2v) is 13.4. The fraction of sp³-hybridized carbons (Fsp3) is 0.476. The van der Waals surface area contributed by atoms with Crippen molar-refractivity contribution < 1.29 is 16.8 Å². The monoisotopic (exact) mass is 540 g/mol. The summed E-state index contributed by atoms with van der Waals surface area (Å²) in [4.78, 5) is 25.9. The molecule has 1 aliphatic rings. The van der Waals surface area contributed by atoms with Crippen molar-refractivity contribution in [2.24, 2.45) is 0 Å². The minimum Gasteiger partial charge on any atom is -0.338 e. The number of nitrogens with zero attached hydrogens (tertiary/aromatic N) is 6. The number of anilines is 2. The third-order valence-electron chi connectivity index (χ3n) is 5.74. The Labute approximate surface area is 208 Å². The molecule has 0 amide bonds. The van der Waals surface area contributed by atoms with Gasteiger partial charge in [-0.15, -0.1) is 0 Å². The summed E-state index contributed by atoms with van der Waals surface area (Å²) in [6.07, 6.45) is 6.92. The van der Waals surface area contributed by atoms with E-state index in [0.717, 1.165) is 64.0 Å². The summed E-state index contributed by atoms with van der Waals surface area (Å²) in [5.41, 5.74) is -0.158. The number of benzene rings is 1. The molecule has 3 aromatic rings. The van der Waals surface area contributed by atoms with Crippen LogP contribution in [0.1, 0.15) is 12.8 Å². The van der Waals surface area contributed by atoms with E-state index in [0.29, 0.717) is 20.3 Å². The van der Waals surface area contributed by atoms with Crippen molar-refractivity contribution in [3.63, 3.8) is 0 Å². The average molecular weight is 541 g/mol. The van der Waals surface area contributed by atoms with E-state index in [2.05, 4.69) is 19.8 Å². The minimum absolute atomic E-state index is 0.00375. The summed E-state index contributed by atoms with van der Waals surface area (Å²) < 4.78 is 50.8. The van der Waals surface area contributed by atoms with Gasteiger partial charge in [-0.25, -0.2) is 26.8 Å². The lowest BCUT2D eigenvalue weighted by atomic mass is 10.2. The molecule has 4 rings (SSSR count). The van der Waals surface area contributed by atoms with Crippen LogP contribution >= 0.6 is 11.5 Å². The van der Waals surface area contributed by atoms with Crippen molar-refractivity contribution in [3.05, 3.63) is 47.0 Å². The van der Waals surface area contributed by atoms with Gasteiger partial charge in [-0.3, -0.25) is 13.7 Å². The Morgan fingerprint density at radius 1 is 0.943 bits per heavy atom. The van der Waals surface area contributed by atoms with E-state index in [1.54, 1.807) is 22.4 Å². The number of unbranched alkanes of at least 4 members (excludes halogenated alkanes) is 1. The highest BCUT2D eigenvalue weighted by Gasteiger charge is 2.28. The Bertz CT molecular complexity index is 1410. The van der Waals surface area contributed by atoms with E-state index in [1.165, 1.54) is 29.7 Å². The summed E-state index contributed by atoms with van der Waals surface area (Å²) in [6, 6.07) is 6.08. The van der Waals surface area contributed by atoms with Gasteiger partial charge in [0.15, 0.2) is 0 Å². The van der Waals surface area contributed by atoms with E-state index < -0.39 is 20.0 Å². The van der Waals surface area contributed by atoms with Crippen LogP contribution in [0.4, 0.5) is 11.6 Å². The molecule has 0 N–H and O–H groups in total. The number of fused-ring (bicyclic) bond motifs is 1. The summed E-state index contributed by atoms with van der Waals surface area (Å²) >= 11 is 1.21. The van der Waals surface area contributed by atoms with Gasteiger partial charge < -0.3 is 4.90 Å². The molecule has 3 heterocycles. The number of hydrogen-bond donors (Lipinski definition) is 0. The van der Waals surface area contributed by atoms with Crippen LogP contribution in [-0.2, 0) is 26.6 Å². The molecule has 190 valence electrons. The third kappa shape index (κ3) is 6.00. The molecular weight excluding hydrogens is 512 g/mol. The number of aromatic nitrogens is 3. The molecule has 1 aromatic carbocycles. The largest absolute Gasteiger partial charge is 0.338 e. The van der Waals surface area contributed by atoms with Crippen molar-refractivity contribution in [1.82, 2.24) is 18.8 Å². The molecule has 0 spiro atoms.